The second-order valence-corrected chi connectivity index (χ2v) is 7.18. The third-order valence-electron chi connectivity index (χ3n) is 5.70. The van der Waals surface area contributed by atoms with Gasteiger partial charge in [-0.25, -0.2) is 4.99 Å². The smallest absolute Gasteiger partial charge is 0.191 e. The van der Waals surface area contributed by atoms with E-state index in [0.717, 1.165) is 31.1 Å². The van der Waals surface area contributed by atoms with Gasteiger partial charge < -0.3 is 20.5 Å². The Morgan fingerprint density at radius 1 is 1.24 bits per heavy atom. The minimum absolute atomic E-state index is 0.289. The fraction of sp³-hybridized carbons (Fsp3) is 0.650. The molecule has 0 aliphatic heterocycles. The molecule has 2 aliphatic carbocycles. The summed E-state index contributed by atoms with van der Waals surface area (Å²) in [5, 5.41) is 16.4. The molecular weight excluding hydrogens is 314 g/mol. The van der Waals surface area contributed by atoms with E-state index in [-0.39, 0.29) is 5.75 Å². The van der Waals surface area contributed by atoms with Gasteiger partial charge in [0.05, 0.1) is 12.6 Å². The molecule has 2 saturated carbocycles. The number of ether oxygens (including phenoxy) is 1. The zero-order valence-electron chi connectivity index (χ0n) is 15.4. The molecule has 5 heteroatoms. The number of nitrogens with one attached hydrogen (secondary N) is 2. The highest BCUT2D eigenvalue weighted by Crippen LogP contribution is 2.54. The molecule has 0 heterocycles. The summed E-state index contributed by atoms with van der Waals surface area (Å²) in [5.41, 5.74) is 1.39. The lowest BCUT2D eigenvalue weighted by atomic mass is 9.60. The molecule has 1 aromatic rings. The van der Waals surface area contributed by atoms with Crippen molar-refractivity contribution >= 4 is 5.96 Å². The van der Waals surface area contributed by atoms with Gasteiger partial charge in [0.25, 0.3) is 0 Å². The number of aliphatic imine (C=N–C) groups is 1. The van der Waals surface area contributed by atoms with Gasteiger partial charge in [-0.3, -0.25) is 0 Å². The summed E-state index contributed by atoms with van der Waals surface area (Å²) in [7, 11) is 0. The van der Waals surface area contributed by atoms with Crippen molar-refractivity contribution in [1.29, 1.82) is 0 Å². The van der Waals surface area contributed by atoms with E-state index in [1.54, 1.807) is 12.1 Å². The Morgan fingerprint density at radius 3 is 2.60 bits per heavy atom. The first-order chi connectivity index (χ1) is 12.2. The first-order valence-corrected chi connectivity index (χ1v) is 9.62. The minimum atomic E-state index is 0.289. The van der Waals surface area contributed by atoms with Crippen LogP contribution in [0.5, 0.6) is 5.75 Å². The Bertz CT molecular complexity index is 579. The van der Waals surface area contributed by atoms with Gasteiger partial charge >= 0.3 is 0 Å². The molecule has 1 aromatic carbocycles. The molecule has 2 unspecified atom stereocenters. The zero-order chi connectivity index (χ0) is 17.7. The standard InChI is InChI=1S/C20H31N3O2/c1-3-21-19(22-14-15-7-9-16(24)10-8-15)23-17-13-18(25-4-2)20(17)11-5-6-12-20/h7-10,17-18,24H,3-6,11-14H2,1-2H3,(H2,21,22,23). The van der Waals surface area contributed by atoms with E-state index in [1.807, 2.05) is 12.1 Å². The van der Waals surface area contributed by atoms with Gasteiger partial charge in [-0.15, -0.1) is 0 Å². The van der Waals surface area contributed by atoms with E-state index in [2.05, 4.69) is 24.5 Å². The van der Waals surface area contributed by atoms with Crippen molar-refractivity contribution in [2.24, 2.45) is 10.4 Å². The first-order valence-electron chi connectivity index (χ1n) is 9.62. The molecule has 2 fully saturated rings. The van der Waals surface area contributed by atoms with Gasteiger partial charge in [0, 0.05) is 24.6 Å². The van der Waals surface area contributed by atoms with E-state index in [9.17, 15) is 5.11 Å². The highest BCUT2D eigenvalue weighted by Gasteiger charge is 2.56. The lowest BCUT2D eigenvalue weighted by Gasteiger charge is -2.54. The summed E-state index contributed by atoms with van der Waals surface area (Å²) in [6.45, 7) is 6.42. The van der Waals surface area contributed by atoms with Crippen LogP contribution in [-0.2, 0) is 11.3 Å². The van der Waals surface area contributed by atoms with Crippen LogP contribution in [0.3, 0.4) is 0 Å². The highest BCUT2D eigenvalue weighted by atomic mass is 16.5. The van der Waals surface area contributed by atoms with Gasteiger partial charge in [0.15, 0.2) is 5.96 Å². The molecule has 3 rings (SSSR count). The fourth-order valence-corrected chi connectivity index (χ4v) is 4.35. The molecule has 138 valence electrons. The molecule has 1 spiro atoms. The monoisotopic (exact) mass is 345 g/mol. The summed E-state index contributed by atoms with van der Waals surface area (Å²) in [5.74, 6) is 1.17. The van der Waals surface area contributed by atoms with Crippen LogP contribution in [0.4, 0.5) is 0 Å². The van der Waals surface area contributed by atoms with E-state index >= 15 is 0 Å². The highest BCUT2D eigenvalue weighted by molar-refractivity contribution is 5.80. The van der Waals surface area contributed by atoms with Crippen molar-refractivity contribution in [2.75, 3.05) is 13.2 Å². The number of phenols is 1. The third-order valence-corrected chi connectivity index (χ3v) is 5.70. The van der Waals surface area contributed by atoms with E-state index < -0.39 is 0 Å². The van der Waals surface area contributed by atoms with Crippen LogP contribution in [0.15, 0.2) is 29.3 Å². The van der Waals surface area contributed by atoms with Crippen LogP contribution in [-0.4, -0.2) is 36.4 Å². The first kappa shape index (κ1) is 18.1. The number of aromatic hydroxyl groups is 1. The predicted octanol–water partition coefficient (Wildman–Crippen LogP) is 3.19. The number of guanidine groups is 1. The van der Waals surface area contributed by atoms with Gasteiger partial charge in [-0.05, 0) is 50.8 Å². The Hall–Kier alpha value is -1.75. The van der Waals surface area contributed by atoms with Crippen LogP contribution < -0.4 is 10.6 Å². The number of phenolic OH excluding ortho intramolecular Hbond substituents is 1. The quantitative estimate of drug-likeness (QED) is 0.547. The average Bonchev–Trinajstić information content (AvgIpc) is 3.13. The van der Waals surface area contributed by atoms with Crippen LogP contribution >= 0.6 is 0 Å². The molecule has 0 amide bonds. The summed E-state index contributed by atoms with van der Waals surface area (Å²) < 4.78 is 6.00. The van der Waals surface area contributed by atoms with Crippen LogP contribution in [0, 0.1) is 5.41 Å². The molecule has 0 bridgehead atoms. The zero-order valence-corrected chi connectivity index (χ0v) is 15.4. The Balaban J connectivity index is 1.65. The van der Waals surface area contributed by atoms with Crippen molar-refractivity contribution in [3.8, 4) is 5.75 Å². The van der Waals surface area contributed by atoms with E-state index in [0.29, 0.717) is 24.1 Å². The number of benzene rings is 1. The maximum Gasteiger partial charge on any atom is 0.191 e. The summed E-state index contributed by atoms with van der Waals surface area (Å²) in [6, 6.07) is 7.68. The SMILES string of the molecule is CCNC(=NCc1ccc(O)cc1)NC1CC(OCC)C12CCCC2. The molecule has 5 nitrogen and oxygen atoms in total. The van der Waals surface area contributed by atoms with Crippen LogP contribution in [0.25, 0.3) is 0 Å². The third kappa shape index (κ3) is 3.92. The molecule has 0 saturated heterocycles. The maximum absolute atomic E-state index is 9.39. The predicted molar refractivity (Wildman–Crippen MR) is 101 cm³/mol. The van der Waals surface area contributed by atoms with Crippen molar-refractivity contribution < 1.29 is 9.84 Å². The summed E-state index contributed by atoms with van der Waals surface area (Å²) in [6.07, 6.45) is 6.60. The van der Waals surface area contributed by atoms with Crippen LogP contribution in [0.1, 0.15) is 51.5 Å². The summed E-state index contributed by atoms with van der Waals surface area (Å²) >= 11 is 0. The molecule has 0 aromatic heterocycles. The minimum Gasteiger partial charge on any atom is -0.508 e. The van der Waals surface area contributed by atoms with Gasteiger partial charge in [0.1, 0.15) is 5.75 Å². The molecule has 2 atom stereocenters. The van der Waals surface area contributed by atoms with Crippen molar-refractivity contribution in [3.63, 3.8) is 0 Å². The number of nitrogens with zero attached hydrogens (tertiary/aromatic N) is 1. The summed E-state index contributed by atoms with van der Waals surface area (Å²) in [4.78, 5) is 4.73. The van der Waals surface area contributed by atoms with E-state index in [1.165, 1.54) is 25.7 Å². The molecular formula is C20H31N3O2. The fourth-order valence-electron chi connectivity index (χ4n) is 4.35. The second-order valence-electron chi connectivity index (χ2n) is 7.18. The Morgan fingerprint density at radius 2 is 1.96 bits per heavy atom. The lowest BCUT2D eigenvalue weighted by Crippen LogP contribution is -2.65. The number of rotatable bonds is 6. The second kappa shape index (κ2) is 8.09. The topological polar surface area (TPSA) is 65.9 Å². The largest absolute Gasteiger partial charge is 0.508 e. The molecule has 3 N–H and O–H groups in total. The van der Waals surface area contributed by atoms with Crippen molar-refractivity contribution in [1.82, 2.24) is 10.6 Å². The Labute approximate surface area is 150 Å². The van der Waals surface area contributed by atoms with Gasteiger partial charge in [0.2, 0.25) is 0 Å². The number of hydrogen-bond acceptors (Lipinski definition) is 3. The van der Waals surface area contributed by atoms with Gasteiger partial charge in [-0.2, -0.15) is 0 Å². The Kier molecular flexibility index (Phi) is 5.84. The molecule has 0 radical (unpaired) electrons. The number of hydrogen-bond donors (Lipinski definition) is 3. The van der Waals surface area contributed by atoms with Crippen molar-refractivity contribution in [3.05, 3.63) is 29.8 Å². The molecule has 2 aliphatic rings. The average molecular weight is 345 g/mol. The van der Waals surface area contributed by atoms with Gasteiger partial charge in [-0.1, -0.05) is 25.0 Å². The van der Waals surface area contributed by atoms with Crippen LogP contribution in [0.2, 0.25) is 0 Å². The van der Waals surface area contributed by atoms with Crippen molar-refractivity contribution in [2.45, 2.75) is 64.6 Å². The lowest BCUT2D eigenvalue weighted by molar-refractivity contribution is -0.125. The van der Waals surface area contributed by atoms with E-state index in [4.69, 9.17) is 9.73 Å². The maximum atomic E-state index is 9.39. The molecule has 25 heavy (non-hydrogen) atoms. The normalized spacial score (nSPS) is 25.0.